The van der Waals surface area contributed by atoms with Gasteiger partial charge in [-0.3, -0.25) is 0 Å². The molecule has 0 saturated carbocycles. The molecule has 0 unspecified atom stereocenters. The largest absolute Gasteiger partial charge is 0.466 e. The van der Waals surface area contributed by atoms with E-state index in [4.69, 9.17) is 24.4 Å². The van der Waals surface area contributed by atoms with Crippen LogP contribution in [0.2, 0.25) is 0 Å². The number of rotatable bonds is 0. The highest BCUT2D eigenvalue weighted by atomic mass is 31.2. The fraction of sp³-hybridized carbons (Fsp3) is 0.600. The molecule has 0 heterocycles. The van der Waals surface area contributed by atoms with Gasteiger partial charge in [0.15, 0.2) is 0 Å². The van der Waals surface area contributed by atoms with Crippen LogP contribution in [0.5, 0.6) is 0 Å². The van der Waals surface area contributed by atoms with Gasteiger partial charge >= 0.3 is 7.82 Å². The van der Waals surface area contributed by atoms with Crippen molar-refractivity contribution in [2.75, 3.05) is 0 Å². The third-order valence-electron chi connectivity index (χ3n) is 0.983. The maximum atomic E-state index is 8.88. The molecule has 4 N–H and O–H groups in total. The van der Waals surface area contributed by atoms with Crippen LogP contribution in [0.15, 0.2) is 12.2 Å². The zero-order valence-electron chi connectivity index (χ0n) is 5.79. The summed E-state index contributed by atoms with van der Waals surface area (Å²) in [5.74, 6) is 0. The van der Waals surface area contributed by atoms with Gasteiger partial charge in [-0.25, -0.2) is 4.57 Å². The maximum Gasteiger partial charge on any atom is 0.466 e. The zero-order chi connectivity index (χ0) is 8.91. The first kappa shape index (κ1) is 10.8. The van der Waals surface area contributed by atoms with E-state index in [-0.39, 0.29) is 6.10 Å². The van der Waals surface area contributed by atoms with E-state index >= 15 is 0 Å². The average molecular weight is 182 g/mol. The molecule has 0 aromatic rings. The van der Waals surface area contributed by atoms with Gasteiger partial charge in [0.25, 0.3) is 0 Å². The fourth-order valence-electron chi connectivity index (χ4n) is 0.603. The Hall–Kier alpha value is -0.190. The van der Waals surface area contributed by atoms with E-state index < -0.39 is 7.82 Å². The molecule has 6 heteroatoms. The van der Waals surface area contributed by atoms with Crippen molar-refractivity contribution in [2.24, 2.45) is 0 Å². The Morgan fingerprint density at radius 1 is 1.18 bits per heavy atom. The first-order valence-corrected chi connectivity index (χ1v) is 4.57. The standard InChI is InChI=1S/C5H8O.H3O4P/c6-5-3-1-2-4-5;1-5(2,3)4/h1-2,5-6H,3-4H2;(H3,1,2,3,4). The van der Waals surface area contributed by atoms with Gasteiger partial charge in [-0.05, 0) is 12.8 Å². The summed E-state index contributed by atoms with van der Waals surface area (Å²) in [4.78, 5) is 21.6. The molecule has 5 nitrogen and oxygen atoms in total. The number of hydrogen-bond acceptors (Lipinski definition) is 2. The maximum absolute atomic E-state index is 8.88. The van der Waals surface area contributed by atoms with Crippen molar-refractivity contribution in [1.82, 2.24) is 0 Å². The predicted molar refractivity (Wildman–Crippen MR) is 38.6 cm³/mol. The quantitative estimate of drug-likeness (QED) is 0.306. The predicted octanol–water partition coefficient (Wildman–Crippen LogP) is -0.231. The van der Waals surface area contributed by atoms with Crippen molar-refractivity contribution in [3.63, 3.8) is 0 Å². The van der Waals surface area contributed by atoms with E-state index in [0.29, 0.717) is 0 Å². The summed E-state index contributed by atoms with van der Waals surface area (Å²) in [6, 6.07) is 0. The smallest absolute Gasteiger partial charge is 0.392 e. The second-order valence-corrected chi connectivity index (χ2v) is 3.14. The van der Waals surface area contributed by atoms with Crippen molar-refractivity contribution in [2.45, 2.75) is 18.9 Å². The van der Waals surface area contributed by atoms with Crippen LogP contribution in [-0.2, 0) is 4.57 Å². The molecule has 0 aromatic carbocycles. The minimum atomic E-state index is -4.64. The topological polar surface area (TPSA) is 98.0 Å². The molecule has 0 atom stereocenters. The molecule has 0 radical (unpaired) electrons. The Labute approximate surface area is 64.2 Å². The fourth-order valence-corrected chi connectivity index (χ4v) is 0.603. The van der Waals surface area contributed by atoms with Gasteiger partial charge in [0.2, 0.25) is 0 Å². The zero-order valence-corrected chi connectivity index (χ0v) is 6.69. The van der Waals surface area contributed by atoms with Crippen LogP contribution < -0.4 is 0 Å². The second-order valence-electron chi connectivity index (χ2n) is 2.11. The van der Waals surface area contributed by atoms with Crippen LogP contribution >= 0.6 is 7.82 Å². The molecular weight excluding hydrogens is 171 g/mol. The Kier molecular flexibility index (Phi) is 4.56. The monoisotopic (exact) mass is 182 g/mol. The van der Waals surface area contributed by atoms with Crippen LogP contribution in [0.3, 0.4) is 0 Å². The molecule has 66 valence electrons. The van der Waals surface area contributed by atoms with E-state index in [2.05, 4.69) is 0 Å². The summed E-state index contributed by atoms with van der Waals surface area (Å²) in [6.45, 7) is 0. The molecule has 0 aliphatic heterocycles. The first-order valence-electron chi connectivity index (χ1n) is 3.01. The third kappa shape index (κ3) is 12.9. The van der Waals surface area contributed by atoms with E-state index in [1.165, 1.54) is 0 Å². The number of phosphoric acid groups is 1. The Morgan fingerprint density at radius 2 is 1.45 bits per heavy atom. The van der Waals surface area contributed by atoms with Crippen molar-refractivity contribution < 1.29 is 24.4 Å². The van der Waals surface area contributed by atoms with Crippen LogP contribution in [-0.4, -0.2) is 25.9 Å². The van der Waals surface area contributed by atoms with Gasteiger partial charge in [-0.1, -0.05) is 12.2 Å². The molecule has 0 aromatic heterocycles. The van der Waals surface area contributed by atoms with Crippen molar-refractivity contribution >= 4 is 7.82 Å². The van der Waals surface area contributed by atoms with Crippen LogP contribution in [0, 0.1) is 0 Å². The third-order valence-corrected chi connectivity index (χ3v) is 0.983. The summed E-state index contributed by atoms with van der Waals surface area (Å²) in [7, 11) is -4.64. The van der Waals surface area contributed by atoms with Gasteiger partial charge in [-0.15, -0.1) is 0 Å². The Morgan fingerprint density at radius 3 is 1.55 bits per heavy atom. The Bertz CT molecular complexity index is 155. The lowest BCUT2D eigenvalue weighted by Gasteiger charge is -1.92. The molecule has 11 heavy (non-hydrogen) atoms. The van der Waals surface area contributed by atoms with Gasteiger partial charge < -0.3 is 19.8 Å². The first-order chi connectivity index (χ1) is 4.89. The molecular formula is C5H11O5P. The molecule has 0 spiro atoms. The van der Waals surface area contributed by atoms with E-state index in [1.807, 2.05) is 12.2 Å². The van der Waals surface area contributed by atoms with E-state index in [1.54, 1.807) is 0 Å². The normalized spacial score (nSPS) is 17.8. The molecule has 1 aliphatic carbocycles. The summed E-state index contributed by atoms with van der Waals surface area (Å²) in [5, 5.41) is 8.67. The van der Waals surface area contributed by atoms with Gasteiger partial charge in [0.05, 0.1) is 6.10 Å². The summed E-state index contributed by atoms with van der Waals surface area (Å²) in [5.41, 5.74) is 0. The van der Waals surface area contributed by atoms with Gasteiger partial charge in [-0.2, -0.15) is 0 Å². The van der Waals surface area contributed by atoms with Gasteiger partial charge in [0, 0.05) is 0 Å². The summed E-state index contributed by atoms with van der Waals surface area (Å²) >= 11 is 0. The van der Waals surface area contributed by atoms with Crippen LogP contribution in [0.4, 0.5) is 0 Å². The lowest BCUT2D eigenvalue weighted by molar-refractivity contribution is 0.189. The molecule has 0 amide bonds. The molecule has 1 aliphatic rings. The molecule has 0 bridgehead atoms. The van der Waals surface area contributed by atoms with E-state index in [0.717, 1.165) is 12.8 Å². The van der Waals surface area contributed by atoms with E-state index in [9.17, 15) is 0 Å². The average Bonchev–Trinajstić information content (AvgIpc) is 2.12. The van der Waals surface area contributed by atoms with Crippen molar-refractivity contribution in [3.8, 4) is 0 Å². The lowest BCUT2D eigenvalue weighted by atomic mass is 10.3. The summed E-state index contributed by atoms with van der Waals surface area (Å²) < 4.78 is 8.88. The molecule has 0 fully saturated rings. The molecule has 0 saturated heterocycles. The highest BCUT2D eigenvalue weighted by Gasteiger charge is 2.02. The minimum absolute atomic E-state index is 0.0648. The number of aliphatic hydroxyl groups is 1. The van der Waals surface area contributed by atoms with Gasteiger partial charge in [0.1, 0.15) is 0 Å². The summed E-state index contributed by atoms with van der Waals surface area (Å²) in [6.07, 6.45) is 5.67. The molecule has 1 rings (SSSR count). The highest BCUT2D eigenvalue weighted by molar-refractivity contribution is 7.45. The van der Waals surface area contributed by atoms with Crippen molar-refractivity contribution in [3.05, 3.63) is 12.2 Å². The SMILES string of the molecule is O=P(O)(O)O.OC1CC=CC1. The van der Waals surface area contributed by atoms with Crippen LogP contribution in [0.1, 0.15) is 12.8 Å². The number of hydrogen-bond donors (Lipinski definition) is 4. The second kappa shape index (κ2) is 4.64. The minimum Gasteiger partial charge on any atom is -0.392 e. The lowest BCUT2D eigenvalue weighted by Crippen LogP contribution is -1.95. The van der Waals surface area contributed by atoms with Crippen LogP contribution in [0.25, 0.3) is 0 Å². The number of aliphatic hydroxyl groups excluding tert-OH is 1. The highest BCUT2D eigenvalue weighted by Crippen LogP contribution is 2.25. The van der Waals surface area contributed by atoms with Crippen molar-refractivity contribution in [1.29, 1.82) is 0 Å². The Balaban J connectivity index is 0.000000187.